The lowest BCUT2D eigenvalue weighted by Crippen LogP contribution is -2.30. The van der Waals surface area contributed by atoms with Crippen LogP contribution in [0.25, 0.3) is 0 Å². The number of hydrogen-bond donors (Lipinski definition) is 1. The van der Waals surface area contributed by atoms with E-state index in [1.807, 2.05) is 13.8 Å². The van der Waals surface area contributed by atoms with Crippen LogP contribution in [0, 0.1) is 0 Å². The Labute approximate surface area is 88.7 Å². The van der Waals surface area contributed by atoms with E-state index in [2.05, 4.69) is 4.99 Å². The lowest BCUT2D eigenvalue weighted by Gasteiger charge is -2.24. The zero-order valence-corrected chi connectivity index (χ0v) is 9.22. The normalized spacial score (nSPS) is 26.3. The first-order valence-electron chi connectivity index (χ1n) is 5.17. The number of alkyl halides is 2. The Morgan fingerprint density at radius 1 is 1.27 bits per heavy atom. The van der Waals surface area contributed by atoms with Gasteiger partial charge in [0.15, 0.2) is 0 Å². The van der Waals surface area contributed by atoms with Crippen LogP contribution in [0.3, 0.4) is 0 Å². The predicted molar refractivity (Wildman–Crippen MR) is 55.1 cm³/mol. The Morgan fingerprint density at radius 3 is 2.60 bits per heavy atom. The zero-order chi connectivity index (χ0) is 11.5. The molecule has 1 heterocycles. The summed E-state index contributed by atoms with van der Waals surface area (Å²) in [7, 11) is 0. The molecule has 0 atom stereocenters. The average molecular weight is 220 g/mol. The van der Waals surface area contributed by atoms with Gasteiger partial charge in [-0.15, -0.1) is 0 Å². The number of halogens is 2. The van der Waals surface area contributed by atoms with E-state index in [1.165, 1.54) is 0 Å². The van der Waals surface area contributed by atoms with Gasteiger partial charge in [0, 0.05) is 12.8 Å². The van der Waals surface area contributed by atoms with Gasteiger partial charge in [-0.25, -0.2) is 13.8 Å². The smallest absolute Gasteiger partial charge is 0.282 e. The first kappa shape index (κ1) is 12.2. The molecule has 0 aliphatic carbocycles. The third kappa shape index (κ3) is 4.44. The Kier molecular flexibility index (Phi) is 3.52. The van der Waals surface area contributed by atoms with Crippen molar-refractivity contribution < 1.29 is 13.5 Å². The highest BCUT2D eigenvalue weighted by Gasteiger charge is 2.30. The minimum absolute atomic E-state index is 0.0118. The molecule has 0 fully saturated rings. The summed E-state index contributed by atoms with van der Waals surface area (Å²) in [4.78, 5) is 4.15. The molecule has 15 heavy (non-hydrogen) atoms. The van der Waals surface area contributed by atoms with E-state index >= 15 is 0 Å². The maximum Gasteiger partial charge on any atom is 0.282 e. The van der Waals surface area contributed by atoms with Crippen LogP contribution >= 0.6 is 0 Å². The summed E-state index contributed by atoms with van der Waals surface area (Å²) in [6.45, 7) is 3.66. The molecule has 0 aromatic carbocycles. The van der Waals surface area contributed by atoms with Crippen molar-refractivity contribution in [2.24, 2.45) is 10.7 Å². The molecule has 0 saturated heterocycles. The summed E-state index contributed by atoms with van der Waals surface area (Å²) in [5.74, 6) is -2.65. The number of rotatable bonds is 0. The van der Waals surface area contributed by atoms with Gasteiger partial charge >= 0.3 is 0 Å². The summed E-state index contributed by atoms with van der Waals surface area (Å²) >= 11 is 0. The van der Waals surface area contributed by atoms with Crippen molar-refractivity contribution >= 4 is 6.02 Å². The molecule has 1 rings (SSSR count). The first-order valence-corrected chi connectivity index (χ1v) is 5.17. The van der Waals surface area contributed by atoms with Crippen LogP contribution in [-0.4, -0.2) is 24.1 Å². The molecule has 1 aliphatic heterocycles. The molecule has 88 valence electrons. The standard InChI is InChI=1S/C10H18F2N2O/c1-9(2)4-3-5-10(11,12)6-7-15-8(13)14-9/h3-7H2,1-2H3,(H2,13,14). The van der Waals surface area contributed by atoms with E-state index in [0.717, 1.165) is 0 Å². The highest BCUT2D eigenvalue weighted by Crippen LogP contribution is 2.29. The van der Waals surface area contributed by atoms with E-state index in [1.54, 1.807) is 0 Å². The van der Waals surface area contributed by atoms with Crippen molar-refractivity contribution in [3.63, 3.8) is 0 Å². The minimum Gasteiger partial charge on any atom is -0.465 e. The van der Waals surface area contributed by atoms with Gasteiger partial charge in [0.1, 0.15) is 0 Å². The van der Waals surface area contributed by atoms with Gasteiger partial charge in [0.25, 0.3) is 11.9 Å². The van der Waals surface area contributed by atoms with E-state index in [0.29, 0.717) is 12.8 Å². The van der Waals surface area contributed by atoms with Crippen LogP contribution in [0.2, 0.25) is 0 Å². The van der Waals surface area contributed by atoms with Crippen LogP contribution < -0.4 is 5.73 Å². The number of hydrogen-bond acceptors (Lipinski definition) is 3. The number of nitrogens with zero attached hydrogens (tertiary/aromatic N) is 1. The van der Waals surface area contributed by atoms with Crippen LogP contribution in [0.5, 0.6) is 0 Å². The van der Waals surface area contributed by atoms with Gasteiger partial charge < -0.3 is 10.5 Å². The van der Waals surface area contributed by atoms with Crippen LogP contribution in [0.15, 0.2) is 4.99 Å². The molecule has 0 aromatic rings. The fourth-order valence-corrected chi connectivity index (χ4v) is 1.60. The molecule has 5 heteroatoms. The predicted octanol–water partition coefficient (Wildman–Crippen LogP) is 2.31. The molecular weight excluding hydrogens is 202 g/mol. The fourth-order valence-electron chi connectivity index (χ4n) is 1.60. The first-order chi connectivity index (χ1) is 6.81. The van der Waals surface area contributed by atoms with Crippen molar-refractivity contribution in [3.05, 3.63) is 0 Å². The number of ether oxygens (including phenoxy) is 1. The van der Waals surface area contributed by atoms with Crippen LogP contribution in [0.1, 0.15) is 39.5 Å². The molecule has 1 aliphatic rings. The van der Waals surface area contributed by atoms with Crippen LogP contribution in [-0.2, 0) is 4.74 Å². The van der Waals surface area contributed by atoms with Gasteiger partial charge in [0.05, 0.1) is 12.1 Å². The third-order valence-corrected chi connectivity index (χ3v) is 2.46. The quantitative estimate of drug-likeness (QED) is 0.681. The summed E-state index contributed by atoms with van der Waals surface area (Å²) in [5.41, 5.74) is 5.05. The van der Waals surface area contributed by atoms with E-state index in [-0.39, 0.29) is 25.5 Å². The molecule has 2 N–H and O–H groups in total. The van der Waals surface area contributed by atoms with Gasteiger partial charge in [-0.1, -0.05) is 0 Å². The fraction of sp³-hybridized carbons (Fsp3) is 0.900. The highest BCUT2D eigenvalue weighted by atomic mass is 19.3. The molecule has 0 bridgehead atoms. The maximum atomic E-state index is 13.2. The Hall–Kier alpha value is -0.870. The molecule has 0 aromatic heterocycles. The molecule has 0 amide bonds. The number of nitrogens with two attached hydrogens (primary N) is 1. The van der Waals surface area contributed by atoms with Gasteiger partial charge in [-0.3, -0.25) is 0 Å². The Balaban J connectivity index is 2.69. The summed E-state index contributed by atoms with van der Waals surface area (Å²) in [6, 6.07) is 0.0118. The summed E-state index contributed by atoms with van der Waals surface area (Å²) < 4.78 is 31.3. The lowest BCUT2D eigenvalue weighted by atomic mass is 9.96. The van der Waals surface area contributed by atoms with Gasteiger partial charge in [-0.2, -0.15) is 0 Å². The van der Waals surface area contributed by atoms with E-state index in [4.69, 9.17) is 10.5 Å². The molecule has 3 nitrogen and oxygen atoms in total. The second-order valence-corrected chi connectivity index (χ2v) is 4.57. The third-order valence-electron chi connectivity index (χ3n) is 2.46. The number of aliphatic imine (C=N–C) groups is 1. The van der Waals surface area contributed by atoms with Crippen molar-refractivity contribution in [1.82, 2.24) is 0 Å². The molecule has 0 radical (unpaired) electrons. The molecular formula is C10H18F2N2O. The van der Waals surface area contributed by atoms with Gasteiger partial charge in [-0.05, 0) is 26.7 Å². The van der Waals surface area contributed by atoms with Crippen molar-refractivity contribution in [1.29, 1.82) is 0 Å². The van der Waals surface area contributed by atoms with Crippen molar-refractivity contribution in [2.45, 2.75) is 51.0 Å². The zero-order valence-electron chi connectivity index (χ0n) is 9.22. The molecule has 0 unspecified atom stereocenters. The van der Waals surface area contributed by atoms with Crippen molar-refractivity contribution in [3.8, 4) is 0 Å². The largest absolute Gasteiger partial charge is 0.465 e. The lowest BCUT2D eigenvalue weighted by molar-refractivity contribution is -0.0315. The Morgan fingerprint density at radius 2 is 1.93 bits per heavy atom. The Bertz CT molecular complexity index is 252. The second kappa shape index (κ2) is 4.33. The summed E-state index contributed by atoms with van der Waals surface area (Å²) in [5, 5.41) is 0. The summed E-state index contributed by atoms with van der Waals surface area (Å²) in [6.07, 6.45) is 0.655. The monoisotopic (exact) mass is 220 g/mol. The highest BCUT2D eigenvalue weighted by molar-refractivity contribution is 5.71. The van der Waals surface area contributed by atoms with Crippen molar-refractivity contribution in [2.75, 3.05) is 6.61 Å². The van der Waals surface area contributed by atoms with Crippen LogP contribution in [0.4, 0.5) is 8.78 Å². The SMILES string of the molecule is CC1(C)CCCC(F)(F)CCOC(N)=N1. The molecule has 0 spiro atoms. The number of amidine groups is 1. The van der Waals surface area contributed by atoms with E-state index < -0.39 is 11.5 Å². The average Bonchev–Trinajstić information content (AvgIpc) is 1.99. The molecule has 0 saturated carbocycles. The van der Waals surface area contributed by atoms with Gasteiger partial charge in [0.2, 0.25) is 0 Å². The topological polar surface area (TPSA) is 47.6 Å². The maximum absolute atomic E-state index is 13.2. The van der Waals surface area contributed by atoms with E-state index in [9.17, 15) is 8.78 Å². The second-order valence-electron chi connectivity index (χ2n) is 4.57. The minimum atomic E-state index is -2.65.